The summed E-state index contributed by atoms with van der Waals surface area (Å²) in [5.41, 5.74) is 1.05. The maximum atomic E-state index is 13.1. The Morgan fingerprint density at radius 1 is 0.972 bits per heavy atom. The normalized spacial score (nSPS) is 18.1. The largest absolute Gasteiger partial charge is 0.467 e. The van der Waals surface area contributed by atoms with Gasteiger partial charge in [-0.25, -0.2) is 4.79 Å². The van der Waals surface area contributed by atoms with Crippen molar-refractivity contribution in [3.63, 3.8) is 0 Å². The smallest absolute Gasteiger partial charge is 0.337 e. The highest BCUT2D eigenvalue weighted by atomic mass is 32.2. The Bertz CT molecular complexity index is 1400. The molecule has 0 saturated carbocycles. The Balaban J connectivity index is 2.00. The Morgan fingerprint density at radius 3 is 1.92 bits per heavy atom. The highest BCUT2D eigenvalue weighted by Gasteiger charge is 2.50. The van der Waals surface area contributed by atoms with Crippen LogP contribution in [0.15, 0.2) is 35.9 Å². The van der Waals surface area contributed by atoms with Gasteiger partial charge in [-0.05, 0) is 17.7 Å². The molecule has 0 fully saturated rings. The van der Waals surface area contributed by atoms with Crippen LogP contribution < -0.4 is 33.0 Å². The lowest BCUT2D eigenvalue weighted by atomic mass is 9.53. The molecule has 0 saturated heterocycles. The van der Waals surface area contributed by atoms with Crippen LogP contribution in [0, 0.1) is 0 Å². The molecule has 17 heteroatoms. The number of methoxy groups -OCH3 is 1. The summed E-state index contributed by atoms with van der Waals surface area (Å²) < 4.78 is 38.0. The second kappa shape index (κ2) is 9.25. The number of rotatable bonds is 6. The fourth-order valence-electron chi connectivity index (χ4n) is 3.36. The summed E-state index contributed by atoms with van der Waals surface area (Å²) >= 11 is 0. The molecule has 1 aliphatic rings. The van der Waals surface area contributed by atoms with E-state index in [1.54, 1.807) is 0 Å². The van der Waals surface area contributed by atoms with Gasteiger partial charge in [0.05, 0.1) is 32.9 Å². The van der Waals surface area contributed by atoms with E-state index in [9.17, 15) is 18.0 Å². The van der Waals surface area contributed by atoms with E-state index >= 15 is 0 Å². The molecule has 0 spiro atoms. The summed E-state index contributed by atoms with van der Waals surface area (Å²) in [6, 6.07) is 5.13. The first-order valence-electron chi connectivity index (χ1n) is 9.76. The second-order valence-corrected chi connectivity index (χ2v) is 9.45. The average Bonchev–Trinajstić information content (AvgIpc) is 3.04. The molecule has 1 atom stereocenters. The minimum atomic E-state index is -5.22. The molecule has 36 heavy (non-hydrogen) atoms. The number of ether oxygens (including phenoxy) is 2. The molecule has 1 aliphatic heterocycles. The Morgan fingerprint density at radius 2 is 1.44 bits per heavy atom. The number of hydrogen-bond donors (Lipinski definition) is 1. The van der Waals surface area contributed by atoms with Crippen molar-refractivity contribution in [2.45, 2.75) is 10.0 Å². The van der Waals surface area contributed by atoms with Crippen molar-refractivity contribution in [2.24, 2.45) is 5.73 Å². The summed E-state index contributed by atoms with van der Waals surface area (Å²) in [4.78, 5) is 24.7. The number of carbonyl (C=O) groups is 2. The van der Waals surface area contributed by atoms with E-state index in [1.165, 1.54) is 31.4 Å². The molecule has 1 heterocycles. The fraction of sp³-hybridized carbons (Fsp3) is 0.158. The van der Waals surface area contributed by atoms with E-state index in [1.807, 2.05) is 0 Å². The third-order valence-electron chi connectivity index (χ3n) is 5.47. The van der Waals surface area contributed by atoms with Gasteiger partial charge in [0, 0.05) is 0 Å². The summed E-state index contributed by atoms with van der Waals surface area (Å²) in [6.07, 6.45) is 0. The van der Waals surface area contributed by atoms with Crippen LogP contribution in [0.5, 0.6) is 0 Å². The SMILES string of the molecule is [B]c1c([B])c([B])c(C([B])([B])S(=O)(=O)OC2=C(N)O[C@]([B])(c3ccc(C(=O)OC)cc3)C2=O)c([B])c1[B]. The molecule has 162 valence electrons. The fourth-order valence-corrected chi connectivity index (χ4v) is 4.35. The highest BCUT2D eigenvalue weighted by Crippen LogP contribution is 2.37. The predicted octanol–water partition coefficient (Wildman–Crippen LogP) is -6.02. The van der Waals surface area contributed by atoms with Crippen LogP contribution in [-0.2, 0) is 38.6 Å². The van der Waals surface area contributed by atoms with Crippen molar-refractivity contribution < 1.29 is 31.7 Å². The molecule has 0 unspecified atom stereocenters. The molecular formula is C19H9B8NO7S. The molecule has 0 aromatic heterocycles. The average molecular weight is 482 g/mol. The summed E-state index contributed by atoms with van der Waals surface area (Å²) in [5, 5.41) is 0. The second-order valence-electron chi connectivity index (χ2n) is 7.70. The van der Waals surface area contributed by atoms with E-state index in [-0.39, 0.29) is 27.5 Å². The number of nitrogens with two attached hydrogens (primary N) is 1. The van der Waals surface area contributed by atoms with Crippen LogP contribution in [0.1, 0.15) is 21.5 Å². The van der Waals surface area contributed by atoms with Crippen molar-refractivity contribution in [3.8, 4) is 0 Å². The van der Waals surface area contributed by atoms with Crippen LogP contribution >= 0.6 is 0 Å². The molecule has 2 N–H and O–H groups in total. The molecule has 16 radical (unpaired) electrons. The molecule has 8 nitrogen and oxygen atoms in total. The van der Waals surface area contributed by atoms with E-state index in [0.717, 1.165) is 0 Å². The standard InChI is InChI=1S/C19H9B8NO7S/c1-33-17(30)6-2-4-7(5-3-6)18(25)15(29)14(16(28)34-18)35-36(31,32)19(26,27)8-9(20)11(22)13(24)12(23)10(8)21/h2-5H,28H2,1H3/t18-/m1/s1. The van der Waals surface area contributed by atoms with Crippen LogP contribution in [-0.4, -0.2) is 90.1 Å². The van der Waals surface area contributed by atoms with Gasteiger partial charge in [-0.15, -0.1) is 27.3 Å². The Labute approximate surface area is 218 Å². The third kappa shape index (κ3) is 4.21. The van der Waals surface area contributed by atoms with Gasteiger partial charge < -0.3 is 19.4 Å². The molecule has 0 bridgehead atoms. The lowest BCUT2D eigenvalue weighted by Gasteiger charge is -2.33. The van der Waals surface area contributed by atoms with Gasteiger partial charge in [0.1, 0.15) is 47.1 Å². The van der Waals surface area contributed by atoms with E-state index in [4.69, 9.17) is 77.4 Å². The maximum absolute atomic E-state index is 13.1. The first kappa shape index (κ1) is 27.8. The number of ketones is 1. The third-order valence-corrected chi connectivity index (χ3v) is 6.89. The number of benzene rings is 2. The molecule has 0 amide bonds. The predicted molar refractivity (Wildman–Crippen MR) is 139 cm³/mol. The van der Waals surface area contributed by atoms with E-state index in [2.05, 4.69) is 4.74 Å². The van der Waals surface area contributed by atoms with Crippen molar-refractivity contribution in [1.82, 2.24) is 0 Å². The van der Waals surface area contributed by atoms with Gasteiger partial charge in [-0.1, -0.05) is 17.7 Å². The zero-order valence-electron chi connectivity index (χ0n) is 18.8. The van der Waals surface area contributed by atoms with Crippen molar-refractivity contribution in [3.05, 3.63) is 52.6 Å². The lowest BCUT2D eigenvalue weighted by Crippen LogP contribution is -2.60. The highest BCUT2D eigenvalue weighted by molar-refractivity contribution is 7.90. The quantitative estimate of drug-likeness (QED) is 0.246. The number of Topliss-reactive ketones (excluding diaryl/α,β-unsaturated/α-hetero) is 1. The lowest BCUT2D eigenvalue weighted by molar-refractivity contribution is -0.126. The van der Waals surface area contributed by atoms with Crippen LogP contribution in [0.4, 0.5) is 0 Å². The first-order valence-corrected chi connectivity index (χ1v) is 11.2. The van der Waals surface area contributed by atoms with Gasteiger partial charge in [0.25, 0.3) is 0 Å². The minimum absolute atomic E-state index is 0.00145. The summed E-state index contributed by atoms with van der Waals surface area (Å²) in [6.45, 7) is 0. The first-order chi connectivity index (χ1) is 16.5. The molecule has 2 aromatic rings. The number of hydrogen-bond acceptors (Lipinski definition) is 8. The van der Waals surface area contributed by atoms with E-state index in [0.29, 0.717) is 0 Å². The van der Waals surface area contributed by atoms with Gasteiger partial charge in [0.2, 0.25) is 17.4 Å². The summed E-state index contributed by atoms with van der Waals surface area (Å²) in [5.74, 6) is -3.68. The Kier molecular flexibility index (Phi) is 7.13. The molecule has 3 rings (SSSR count). The minimum Gasteiger partial charge on any atom is -0.467 e. The van der Waals surface area contributed by atoms with Crippen LogP contribution in [0.3, 0.4) is 0 Å². The van der Waals surface area contributed by atoms with Gasteiger partial charge >= 0.3 is 16.1 Å². The molecule has 2 aromatic carbocycles. The topological polar surface area (TPSA) is 122 Å². The Hall–Kier alpha value is -2.81. The zero-order valence-corrected chi connectivity index (χ0v) is 19.6. The summed E-state index contributed by atoms with van der Waals surface area (Å²) in [7, 11) is 42.7. The number of esters is 1. The van der Waals surface area contributed by atoms with E-state index < -0.39 is 60.0 Å². The van der Waals surface area contributed by atoms with Gasteiger partial charge in [0.15, 0.2) is 5.50 Å². The van der Waals surface area contributed by atoms with Crippen LogP contribution in [0.2, 0.25) is 0 Å². The number of carbonyl (C=O) groups excluding carboxylic acids is 2. The van der Waals surface area contributed by atoms with Crippen molar-refractivity contribution in [2.75, 3.05) is 7.11 Å². The van der Waals surface area contributed by atoms with Crippen LogP contribution in [0.25, 0.3) is 0 Å². The molecular weight excluding hydrogens is 473 g/mol. The monoisotopic (exact) mass is 483 g/mol. The van der Waals surface area contributed by atoms with Crippen molar-refractivity contribution in [1.29, 1.82) is 0 Å². The van der Waals surface area contributed by atoms with Gasteiger partial charge in [-0.3, -0.25) is 4.79 Å². The maximum Gasteiger partial charge on any atom is 0.337 e. The molecule has 0 aliphatic carbocycles. The van der Waals surface area contributed by atoms with Gasteiger partial charge in [-0.2, -0.15) is 8.42 Å². The van der Waals surface area contributed by atoms with Crippen molar-refractivity contribution >= 4 is 112 Å². The zero-order chi connectivity index (χ0) is 27.4.